The first-order chi connectivity index (χ1) is 8.35. The molecular formula is C12H9N3OS. The van der Waals surface area contributed by atoms with Crippen LogP contribution in [-0.2, 0) is 0 Å². The number of hydrogen-bond donors (Lipinski definition) is 0. The minimum Gasteiger partial charge on any atom is -0.435 e. The number of hydrogen-bond acceptors (Lipinski definition) is 5. The van der Waals surface area contributed by atoms with Crippen molar-refractivity contribution in [2.24, 2.45) is 0 Å². The summed E-state index contributed by atoms with van der Waals surface area (Å²) < 4.78 is 5.61. The lowest BCUT2D eigenvalue weighted by Gasteiger charge is -2.08. The van der Waals surface area contributed by atoms with E-state index in [-0.39, 0.29) is 11.6 Å². The molecule has 17 heavy (non-hydrogen) atoms. The lowest BCUT2D eigenvalue weighted by Crippen LogP contribution is -1.94. The minimum atomic E-state index is 0.184. The molecule has 1 aromatic carbocycles. The average Bonchev–Trinajstić information content (AvgIpc) is 2.40. The fourth-order valence-corrected chi connectivity index (χ4v) is 1.81. The van der Waals surface area contributed by atoms with E-state index in [1.54, 1.807) is 11.8 Å². The van der Waals surface area contributed by atoms with E-state index in [0.29, 0.717) is 5.75 Å². The van der Waals surface area contributed by atoms with Crippen LogP contribution >= 0.6 is 11.8 Å². The van der Waals surface area contributed by atoms with Gasteiger partial charge >= 0.3 is 0 Å². The number of aromatic nitrogens is 2. The standard InChI is InChI=1S/C12H9N3OS/c1-17-11-5-3-2-4-10(11)16-12-9(8-13)14-6-7-15-12/h2-7H,1H3. The van der Waals surface area contributed by atoms with Gasteiger partial charge in [-0.1, -0.05) is 12.1 Å². The van der Waals surface area contributed by atoms with Gasteiger partial charge in [-0.2, -0.15) is 5.26 Å². The summed E-state index contributed by atoms with van der Waals surface area (Å²) in [4.78, 5) is 8.89. The van der Waals surface area contributed by atoms with E-state index in [1.807, 2.05) is 36.6 Å². The first-order valence-electron chi connectivity index (χ1n) is 4.87. The van der Waals surface area contributed by atoms with Crippen molar-refractivity contribution in [2.75, 3.05) is 6.26 Å². The molecule has 0 unspecified atom stereocenters. The second-order valence-corrected chi connectivity index (χ2v) is 3.92. The van der Waals surface area contributed by atoms with Gasteiger partial charge in [0, 0.05) is 17.3 Å². The van der Waals surface area contributed by atoms with Crippen LogP contribution in [-0.4, -0.2) is 16.2 Å². The zero-order valence-electron chi connectivity index (χ0n) is 9.12. The Hall–Kier alpha value is -2.06. The summed E-state index contributed by atoms with van der Waals surface area (Å²) in [5, 5.41) is 8.89. The maximum atomic E-state index is 8.89. The highest BCUT2D eigenvalue weighted by molar-refractivity contribution is 7.98. The summed E-state index contributed by atoms with van der Waals surface area (Å²) >= 11 is 1.57. The SMILES string of the molecule is CSc1ccccc1Oc1nccnc1C#N. The molecular weight excluding hydrogens is 234 g/mol. The molecule has 0 spiro atoms. The van der Waals surface area contributed by atoms with E-state index in [1.165, 1.54) is 12.4 Å². The van der Waals surface area contributed by atoms with Gasteiger partial charge in [-0.05, 0) is 18.4 Å². The smallest absolute Gasteiger partial charge is 0.256 e. The van der Waals surface area contributed by atoms with E-state index in [4.69, 9.17) is 10.00 Å². The molecule has 0 N–H and O–H groups in total. The Balaban J connectivity index is 2.35. The lowest BCUT2D eigenvalue weighted by atomic mass is 10.3. The molecule has 0 saturated heterocycles. The highest BCUT2D eigenvalue weighted by Crippen LogP contribution is 2.30. The molecule has 2 rings (SSSR count). The molecule has 0 saturated carbocycles. The zero-order chi connectivity index (χ0) is 12.1. The van der Waals surface area contributed by atoms with E-state index < -0.39 is 0 Å². The minimum absolute atomic E-state index is 0.184. The van der Waals surface area contributed by atoms with Crippen LogP contribution in [0.3, 0.4) is 0 Å². The van der Waals surface area contributed by atoms with Crippen molar-refractivity contribution >= 4 is 11.8 Å². The van der Waals surface area contributed by atoms with E-state index in [0.717, 1.165) is 4.90 Å². The fraction of sp³-hybridized carbons (Fsp3) is 0.0833. The predicted molar refractivity (Wildman–Crippen MR) is 65.0 cm³/mol. The number of benzene rings is 1. The van der Waals surface area contributed by atoms with E-state index >= 15 is 0 Å². The third kappa shape index (κ3) is 2.55. The number of rotatable bonds is 3. The Morgan fingerprint density at radius 1 is 1.24 bits per heavy atom. The molecule has 0 amide bonds. The summed E-state index contributed by atoms with van der Waals surface area (Å²) in [6.07, 6.45) is 4.92. The van der Waals surface area contributed by atoms with Crippen molar-refractivity contribution in [1.29, 1.82) is 5.26 Å². The third-order valence-electron chi connectivity index (χ3n) is 2.05. The van der Waals surface area contributed by atoms with Gasteiger partial charge in [0.25, 0.3) is 5.88 Å². The molecule has 2 aromatic rings. The second kappa shape index (κ2) is 5.32. The number of para-hydroxylation sites is 1. The average molecular weight is 243 g/mol. The molecule has 0 bridgehead atoms. The highest BCUT2D eigenvalue weighted by atomic mass is 32.2. The molecule has 0 fully saturated rings. The Morgan fingerprint density at radius 3 is 2.76 bits per heavy atom. The van der Waals surface area contributed by atoms with E-state index in [9.17, 15) is 0 Å². The number of ether oxygens (including phenoxy) is 1. The first kappa shape index (κ1) is 11.4. The van der Waals surface area contributed by atoms with Gasteiger partial charge in [-0.15, -0.1) is 11.8 Å². The van der Waals surface area contributed by atoms with Crippen molar-refractivity contribution in [1.82, 2.24) is 9.97 Å². The maximum absolute atomic E-state index is 8.89. The summed E-state index contributed by atoms with van der Waals surface area (Å²) in [5.41, 5.74) is 0.184. The molecule has 0 atom stereocenters. The summed E-state index contributed by atoms with van der Waals surface area (Å²) in [5.74, 6) is 0.911. The first-order valence-corrected chi connectivity index (χ1v) is 6.09. The number of thioether (sulfide) groups is 1. The summed E-state index contributed by atoms with van der Waals surface area (Å²) in [7, 11) is 0. The van der Waals surface area contributed by atoms with Crippen molar-refractivity contribution in [3.63, 3.8) is 0 Å². The van der Waals surface area contributed by atoms with Crippen LogP contribution in [0.4, 0.5) is 0 Å². The Labute approximate surface area is 103 Å². The lowest BCUT2D eigenvalue weighted by molar-refractivity contribution is 0.447. The van der Waals surface area contributed by atoms with Crippen LogP contribution in [0.15, 0.2) is 41.6 Å². The largest absolute Gasteiger partial charge is 0.435 e. The molecule has 1 heterocycles. The van der Waals surface area contributed by atoms with Crippen LogP contribution < -0.4 is 4.74 Å². The predicted octanol–water partition coefficient (Wildman–Crippen LogP) is 2.86. The van der Waals surface area contributed by atoms with Crippen molar-refractivity contribution < 1.29 is 4.74 Å². The Kier molecular flexibility index (Phi) is 3.58. The number of nitrogens with zero attached hydrogens (tertiary/aromatic N) is 3. The van der Waals surface area contributed by atoms with Crippen LogP contribution in [0.2, 0.25) is 0 Å². The second-order valence-electron chi connectivity index (χ2n) is 3.07. The van der Waals surface area contributed by atoms with Crippen LogP contribution in [0.5, 0.6) is 11.6 Å². The molecule has 1 aromatic heterocycles. The van der Waals surface area contributed by atoms with Crippen molar-refractivity contribution in [3.05, 3.63) is 42.4 Å². The molecule has 0 radical (unpaired) electrons. The van der Waals surface area contributed by atoms with Crippen LogP contribution in [0.25, 0.3) is 0 Å². The van der Waals surface area contributed by atoms with Gasteiger partial charge in [0.2, 0.25) is 5.69 Å². The van der Waals surface area contributed by atoms with Crippen LogP contribution in [0.1, 0.15) is 5.69 Å². The normalized spacial score (nSPS) is 9.65. The van der Waals surface area contributed by atoms with Gasteiger partial charge in [0.05, 0.1) is 0 Å². The highest BCUT2D eigenvalue weighted by Gasteiger charge is 2.09. The fourth-order valence-electron chi connectivity index (χ4n) is 1.28. The third-order valence-corrected chi connectivity index (χ3v) is 2.82. The zero-order valence-corrected chi connectivity index (χ0v) is 9.94. The monoisotopic (exact) mass is 243 g/mol. The van der Waals surface area contributed by atoms with Gasteiger partial charge < -0.3 is 4.74 Å². The summed E-state index contributed by atoms with van der Waals surface area (Å²) in [6, 6.07) is 9.53. The van der Waals surface area contributed by atoms with Gasteiger partial charge in [-0.25, -0.2) is 9.97 Å². The van der Waals surface area contributed by atoms with Crippen molar-refractivity contribution in [2.45, 2.75) is 4.90 Å². The quantitative estimate of drug-likeness (QED) is 0.776. The molecule has 84 valence electrons. The van der Waals surface area contributed by atoms with Crippen molar-refractivity contribution in [3.8, 4) is 17.7 Å². The molecule has 0 aliphatic heterocycles. The van der Waals surface area contributed by atoms with Crippen LogP contribution in [0, 0.1) is 11.3 Å². The molecule has 0 aliphatic rings. The van der Waals surface area contributed by atoms with Gasteiger partial charge in [0.1, 0.15) is 11.8 Å². The maximum Gasteiger partial charge on any atom is 0.256 e. The number of nitriles is 1. The van der Waals surface area contributed by atoms with Gasteiger partial charge in [-0.3, -0.25) is 0 Å². The van der Waals surface area contributed by atoms with Gasteiger partial charge in [0.15, 0.2) is 0 Å². The Bertz CT molecular complexity index is 566. The molecule has 0 aliphatic carbocycles. The topological polar surface area (TPSA) is 58.8 Å². The molecule has 4 nitrogen and oxygen atoms in total. The summed E-state index contributed by atoms with van der Waals surface area (Å²) in [6.45, 7) is 0. The Morgan fingerprint density at radius 2 is 2.00 bits per heavy atom. The molecule has 5 heteroatoms. The van der Waals surface area contributed by atoms with E-state index in [2.05, 4.69) is 9.97 Å².